The zero-order valence-electron chi connectivity index (χ0n) is 37.0. The maximum absolute atomic E-state index is 12.7. The highest BCUT2D eigenvalue weighted by molar-refractivity contribution is 7.47. The van der Waals surface area contributed by atoms with Crippen LogP contribution in [0.5, 0.6) is 0 Å². The van der Waals surface area contributed by atoms with E-state index in [1.807, 2.05) is 12.2 Å². The highest BCUT2D eigenvalue weighted by Crippen LogP contribution is 2.43. The Hall–Kier alpha value is -3.00. The molecule has 354 valence electrons. The van der Waals surface area contributed by atoms with Gasteiger partial charge in [0, 0.05) is 12.8 Å². The third kappa shape index (κ3) is 43.6. The number of aliphatic hydroxyl groups excluding tert-OH is 2. The Kier molecular flexibility index (Phi) is 38.8. The second-order valence-electron chi connectivity index (χ2n) is 14.4. The van der Waals surface area contributed by atoms with Crippen LogP contribution >= 0.6 is 15.6 Å². The lowest BCUT2D eigenvalue weighted by molar-refractivity contribution is -0.161. The Balaban J connectivity index is 4.79. The summed E-state index contributed by atoms with van der Waals surface area (Å²) in [5.41, 5.74) is 0. The number of allylic oxidation sites excluding steroid dienone is 15. The van der Waals surface area contributed by atoms with Crippen molar-refractivity contribution in [1.82, 2.24) is 0 Å². The molecule has 0 aliphatic rings. The molecular weight excluding hydrogens is 838 g/mol. The van der Waals surface area contributed by atoms with E-state index in [2.05, 4.69) is 89.7 Å². The second-order valence-corrected chi connectivity index (χ2v) is 17.1. The van der Waals surface area contributed by atoms with Crippen LogP contribution in [0, 0.1) is 0 Å². The molecule has 0 radical (unpaired) electrons. The largest absolute Gasteiger partial charge is 0.472 e. The standard InChI is InChI=1S/C46H76O14P2/c1-3-5-7-9-11-13-15-17-19-21-22-24-26-28-30-32-34-42(47)36-37-46(50)60-44(41-59-62(54,55)58-39-43(48)38-57-61(51,52)53)40-56-45(49)35-33-31-29-27-25-23-20-18-16-14-12-10-8-6-4-2/h5,7,11-14,17-20,22,24,28,30,32,34,42-44,47-48H,3-4,6,8-10,15-16,21,23,25-27,29,31,33,35-41H2,1-2H3,(H,54,55)(H2,51,52,53)/b7-5-,13-11-,14-12-,19-17-,20-18-,24-22-,30-28-,34-32-/t42?,43-,44+/m0/s1. The molecule has 0 aromatic rings. The molecule has 0 spiro atoms. The Morgan fingerprint density at radius 3 is 1.66 bits per heavy atom. The van der Waals surface area contributed by atoms with Gasteiger partial charge in [-0.2, -0.15) is 0 Å². The van der Waals surface area contributed by atoms with Gasteiger partial charge in [0.15, 0.2) is 6.10 Å². The summed E-state index contributed by atoms with van der Waals surface area (Å²) in [6.45, 7) is 1.31. The second kappa shape index (κ2) is 40.8. The Morgan fingerprint density at radius 1 is 0.548 bits per heavy atom. The number of aliphatic hydroxyl groups is 2. The number of rotatable bonds is 40. The van der Waals surface area contributed by atoms with Crippen LogP contribution in [0.3, 0.4) is 0 Å². The third-order valence-electron chi connectivity index (χ3n) is 8.56. The van der Waals surface area contributed by atoms with Gasteiger partial charge >= 0.3 is 27.6 Å². The number of phosphoric acid groups is 2. The predicted molar refractivity (Wildman–Crippen MR) is 245 cm³/mol. The average Bonchev–Trinajstić information content (AvgIpc) is 3.23. The SMILES string of the molecule is CC/C=C\C/C=C\C/C=C\C/C=C\C/C=C\C=C/C(O)CCC(=O)O[C@H](COC(=O)CCCCCCC/C=C\C/C=C\CCCCC)COP(=O)(O)OC[C@@H](O)COP(=O)(O)O. The van der Waals surface area contributed by atoms with Crippen molar-refractivity contribution in [2.45, 2.75) is 154 Å². The summed E-state index contributed by atoms with van der Waals surface area (Å²) in [6.07, 6.45) is 44.4. The number of phosphoric ester groups is 2. The quantitative estimate of drug-likeness (QED) is 0.0127. The van der Waals surface area contributed by atoms with Crippen LogP contribution in [0.1, 0.15) is 136 Å². The number of esters is 2. The van der Waals surface area contributed by atoms with E-state index in [-0.39, 0.29) is 19.3 Å². The van der Waals surface area contributed by atoms with Crippen molar-refractivity contribution in [3.63, 3.8) is 0 Å². The molecule has 0 bridgehead atoms. The number of unbranched alkanes of at least 4 members (excludes halogenated alkanes) is 8. The van der Waals surface area contributed by atoms with Crippen LogP contribution in [-0.4, -0.2) is 81.6 Å². The fraction of sp³-hybridized carbons (Fsp3) is 0.609. The molecule has 0 aromatic heterocycles. The number of hydrogen-bond acceptors (Lipinski definition) is 11. The van der Waals surface area contributed by atoms with E-state index in [1.54, 1.807) is 12.2 Å². The summed E-state index contributed by atoms with van der Waals surface area (Å²) < 4.78 is 47.6. The molecule has 14 nitrogen and oxygen atoms in total. The molecule has 0 heterocycles. The predicted octanol–water partition coefficient (Wildman–Crippen LogP) is 10.3. The summed E-state index contributed by atoms with van der Waals surface area (Å²) in [5.74, 6) is -1.34. The van der Waals surface area contributed by atoms with Gasteiger partial charge in [0.1, 0.15) is 12.7 Å². The van der Waals surface area contributed by atoms with Gasteiger partial charge < -0.3 is 34.4 Å². The van der Waals surface area contributed by atoms with Crippen LogP contribution in [0.25, 0.3) is 0 Å². The molecule has 2 unspecified atom stereocenters. The van der Waals surface area contributed by atoms with Crippen molar-refractivity contribution in [2.24, 2.45) is 0 Å². The molecule has 0 aliphatic heterocycles. The van der Waals surface area contributed by atoms with E-state index in [4.69, 9.17) is 23.8 Å². The fourth-order valence-corrected chi connectivity index (χ4v) is 6.35. The van der Waals surface area contributed by atoms with Crippen LogP contribution in [0.15, 0.2) is 97.2 Å². The third-order valence-corrected chi connectivity index (χ3v) is 10.0. The van der Waals surface area contributed by atoms with Gasteiger partial charge in [-0.15, -0.1) is 0 Å². The van der Waals surface area contributed by atoms with Crippen molar-refractivity contribution < 1.29 is 66.7 Å². The molecule has 0 amide bonds. The first-order valence-electron chi connectivity index (χ1n) is 22.0. The van der Waals surface area contributed by atoms with E-state index >= 15 is 0 Å². The highest BCUT2D eigenvalue weighted by Gasteiger charge is 2.28. The molecule has 5 N–H and O–H groups in total. The van der Waals surface area contributed by atoms with Crippen molar-refractivity contribution in [3.8, 4) is 0 Å². The lowest BCUT2D eigenvalue weighted by Crippen LogP contribution is -2.30. The Morgan fingerprint density at radius 2 is 1.06 bits per heavy atom. The van der Waals surface area contributed by atoms with E-state index in [0.717, 1.165) is 70.6 Å². The number of carbonyl (C=O) groups excluding carboxylic acids is 2. The van der Waals surface area contributed by atoms with E-state index < -0.39 is 72.3 Å². The molecule has 0 saturated heterocycles. The van der Waals surface area contributed by atoms with Gasteiger partial charge in [-0.25, -0.2) is 9.13 Å². The lowest BCUT2D eigenvalue weighted by Gasteiger charge is -2.20. The van der Waals surface area contributed by atoms with Crippen LogP contribution in [0.2, 0.25) is 0 Å². The minimum atomic E-state index is -4.90. The molecule has 0 saturated carbocycles. The molecule has 0 fully saturated rings. The summed E-state index contributed by atoms with van der Waals surface area (Å²) in [6, 6.07) is 0. The maximum Gasteiger partial charge on any atom is 0.472 e. The van der Waals surface area contributed by atoms with E-state index in [1.165, 1.54) is 25.3 Å². The maximum atomic E-state index is 12.7. The first-order chi connectivity index (χ1) is 29.8. The van der Waals surface area contributed by atoms with Crippen molar-refractivity contribution in [2.75, 3.05) is 26.4 Å². The van der Waals surface area contributed by atoms with Crippen molar-refractivity contribution in [3.05, 3.63) is 97.2 Å². The smallest absolute Gasteiger partial charge is 0.462 e. The zero-order valence-corrected chi connectivity index (χ0v) is 38.8. The minimum absolute atomic E-state index is 0.0103. The molecule has 16 heteroatoms. The molecule has 62 heavy (non-hydrogen) atoms. The van der Waals surface area contributed by atoms with Crippen LogP contribution in [0.4, 0.5) is 0 Å². The zero-order chi connectivity index (χ0) is 46.0. The number of carbonyl (C=O) groups is 2. The fourth-order valence-electron chi connectivity index (χ4n) is 5.19. The molecule has 4 atom stereocenters. The lowest BCUT2D eigenvalue weighted by atomic mass is 10.1. The minimum Gasteiger partial charge on any atom is -0.462 e. The summed E-state index contributed by atoms with van der Waals surface area (Å²) in [4.78, 5) is 52.7. The van der Waals surface area contributed by atoms with Crippen LogP contribution in [-0.2, 0) is 41.8 Å². The van der Waals surface area contributed by atoms with Crippen molar-refractivity contribution >= 4 is 27.6 Å². The molecule has 0 aliphatic carbocycles. The average molecular weight is 915 g/mol. The van der Waals surface area contributed by atoms with Crippen molar-refractivity contribution in [1.29, 1.82) is 0 Å². The van der Waals surface area contributed by atoms with Gasteiger partial charge in [-0.1, -0.05) is 143 Å². The van der Waals surface area contributed by atoms with Gasteiger partial charge in [0.25, 0.3) is 0 Å². The molecule has 0 aromatic carbocycles. The van der Waals surface area contributed by atoms with Crippen LogP contribution < -0.4 is 0 Å². The number of ether oxygens (including phenoxy) is 2. The van der Waals surface area contributed by atoms with Gasteiger partial charge in [-0.3, -0.25) is 23.2 Å². The number of hydrogen-bond donors (Lipinski definition) is 5. The van der Waals surface area contributed by atoms with Gasteiger partial charge in [-0.05, 0) is 77.0 Å². The van der Waals surface area contributed by atoms with Gasteiger partial charge in [0.05, 0.1) is 25.9 Å². The first-order valence-corrected chi connectivity index (χ1v) is 25.1. The van der Waals surface area contributed by atoms with E-state index in [9.17, 15) is 33.8 Å². The van der Waals surface area contributed by atoms with E-state index in [0.29, 0.717) is 12.8 Å². The topological polar surface area (TPSA) is 216 Å². The summed E-state index contributed by atoms with van der Waals surface area (Å²) in [7, 11) is -9.78. The monoisotopic (exact) mass is 914 g/mol. The Bertz CT molecular complexity index is 1480. The first kappa shape index (κ1) is 59.0. The van der Waals surface area contributed by atoms with Gasteiger partial charge in [0.2, 0.25) is 0 Å². The normalized spacial score (nSPS) is 15.4. The molecular formula is C46H76O14P2. The summed E-state index contributed by atoms with van der Waals surface area (Å²) in [5, 5.41) is 20.1. The molecule has 0 rings (SSSR count). The summed E-state index contributed by atoms with van der Waals surface area (Å²) >= 11 is 0. The highest BCUT2D eigenvalue weighted by atomic mass is 31.2. The Labute approximate surface area is 371 Å².